The molecule has 0 unspecified atom stereocenters. The quantitative estimate of drug-likeness (QED) is 0.378. The van der Waals surface area contributed by atoms with E-state index in [9.17, 15) is 9.59 Å². The van der Waals surface area contributed by atoms with Crippen molar-refractivity contribution in [1.29, 1.82) is 0 Å². The van der Waals surface area contributed by atoms with Crippen LogP contribution in [0.1, 0.15) is 30.5 Å². The highest BCUT2D eigenvalue weighted by molar-refractivity contribution is 6.35. The summed E-state index contributed by atoms with van der Waals surface area (Å²) in [6.07, 6.45) is 0.420. The highest BCUT2D eigenvalue weighted by Crippen LogP contribution is 2.24. The Bertz CT molecular complexity index is 1150. The average Bonchev–Trinajstić information content (AvgIpc) is 2.83. The largest absolute Gasteiger partial charge is 0.497 e. The molecule has 7 heteroatoms. The Labute approximate surface area is 217 Å². The molecule has 0 heterocycles. The summed E-state index contributed by atoms with van der Waals surface area (Å²) in [6, 6.07) is 21.5. The number of hydrogen-bond donors (Lipinski definition) is 1. The zero-order valence-corrected chi connectivity index (χ0v) is 21.6. The fraction of sp³-hybridized carbons (Fsp3) is 0.286. The molecule has 0 saturated carbocycles. The first-order valence-electron chi connectivity index (χ1n) is 11.5. The summed E-state index contributed by atoms with van der Waals surface area (Å²) < 4.78 is 5.36. The number of halogens is 2. The number of carbonyl (C=O) groups excluding carboxylic acids is 2. The smallest absolute Gasteiger partial charge is 0.243 e. The lowest BCUT2D eigenvalue weighted by atomic mass is 10.0. The van der Waals surface area contributed by atoms with E-state index in [4.69, 9.17) is 27.9 Å². The van der Waals surface area contributed by atoms with E-state index in [0.717, 1.165) is 11.1 Å². The van der Waals surface area contributed by atoms with Gasteiger partial charge >= 0.3 is 0 Å². The second-order valence-corrected chi connectivity index (χ2v) is 9.50. The maximum Gasteiger partial charge on any atom is 0.243 e. The summed E-state index contributed by atoms with van der Waals surface area (Å²) in [5.74, 6) is 0.265. The molecule has 0 aliphatic carbocycles. The van der Waals surface area contributed by atoms with Gasteiger partial charge in [0.25, 0.3) is 0 Å². The van der Waals surface area contributed by atoms with Gasteiger partial charge in [-0.1, -0.05) is 71.7 Å². The molecule has 0 aromatic heterocycles. The number of amides is 2. The Hall–Kier alpha value is -3.02. The molecule has 0 radical (unpaired) electrons. The summed E-state index contributed by atoms with van der Waals surface area (Å²) in [5, 5.41) is 3.90. The Morgan fingerprint density at radius 3 is 2.31 bits per heavy atom. The number of rotatable bonds is 10. The molecular formula is C28H30Cl2N2O3. The molecule has 35 heavy (non-hydrogen) atoms. The Balaban J connectivity index is 2.00. The first-order chi connectivity index (χ1) is 16.8. The molecule has 0 bridgehead atoms. The lowest BCUT2D eigenvalue weighted by molar-refractivity contribution is -0.141. The number of ether oxygens (including phenoxy) is 1. The lowest BCUT2D eigenvalue weighted by Crippen LogP contribution is -2.52. The minimum absolute atomic E-state index is 0.0419. The van der Waals surface area contributed by atoms with Gasteiger partial charge in [0.05, 0.1) is 13.5 Å². The van der Waals surface area contributed by atoms with Crippen LogP contribution in [0, 0.1) is 0 Å². The predicted octanol–water partition coefficient (Wildman–Crippen LogP) is 5.71. The van der Waals surface area contributed by atoms with Crippen LogP contribution in [0.3, 0.4) is 0 Å². The Morgan fingerprint density at radius 1 is 0.943 bits per heavy atom. The maximum atomic E-state index is 13.8. The summed E-state index contributed by atoms with van der Waals surface area (Å²) in [6.45, 7) is 4.04. The monoisotopic (exact) mass is 512 g/mol. The van der Waals surface area contributed by atoms with Crippen molar-refractivity contribution in [3.8, 4) is 5.75 Å². The van der Waals surface area contributed by atoms with Crippen molar-refractivity contribution >= 4 is 35.0 Å². The Morgan fingerprint density at radius 2 is 1.66 bits per heavy atom. The molecule has 2 amide bonds. The number of methoxy groups -OCH3 is 1. The molecule has 0 fully saturated rings. The van der Waals surface area contributed by atoms with Crippen LogP contribution in [0.2, 0.25) is 10.0 Å². The fourth-order valence-corrected chi connectivity index (χ4v) is 4.31. The molecule has 1 N–H and O–H groups in total. The molecular weight excluding hydrogens is 483 g/mol. The van der Waals surface area contributed by atoms with Gasteiger partial charge in [0.2, 0.25) is 11.8 Å². The molecule has 3 aromatic carbocycles. The predicted molar refractivity (Wildman–Crippen MR) is 141 cm³/mol. The minimum atomic E-state index is -0.718. The highest BCUT2D eigenvalue weighted by Gasteiger charge is 2.31. The van der Waals surface area contributed by atoms with Crippen molar-refractivity contribution in [2.45, 2.75) is 45.3 Å². The van der Waals surface area contributed by atoms with E-state index < -0.39 is 6.04 Å². The van der Waals surface area contributed by atoms with Crippen LogP contribution in [0.25, 0.3) is 0 Å². The zero-order valence-electron chi connectivity index (χ0n) is 20.1. The second-order valence-electron chi connectivity index (χ2n) is 8.65. The first kappa shape index (κ1) is 26.6. The van der Waals surface area contributed by atoms with Gasteiger partial charge in [-0.2, -0.15) is 0 Å². The Kier molecular flexibility index (Phi) is 9.58. The summed E-state index contributed by atoms with van der Waals surface area (Å²) in [4.78, 5) is 28.8. The molecule has 1 atom stereocenters. The molecule has 0 saturated heterocycles. The molecule has 5 nitrogen and oxygen atoms in total. The van der Waals surface area contributed by atoms with E-state index in [-0.39, 0.29) is 30.8 Å². The van der Waals surface area contributed by atoms with Crippen LogP contribution >= 0.6 is 23.2 Å². The number of hydrogen-bond acceptors (Lipinski definition) is 3. The van der Waals surface area contributed by atoms with Gasteiger partial charge < -0.3 is 15.0 Å². The summed E-state index contributed by atoms with van der Waals surface area (Å²) in [7, 11) is 1.60. The third-order valence-electron chi connectivity index (χ3n) is 5.55. The third-order valence-corrected chi connectivity index (χ3v) is 6.13. The molecule has 184 valence electrons. The SMILES string of the molecule is COc1cccc(CN(C(=O)Cc2ccc(Cl)cc2Cl)[C@@H](Cc2ccccc2)C(=O)NC(C)C)c1. The van der Waals surface area contributed by atoms with Crippen LogP contribution in [0.5, 0.6) is 5.75 Å². The maximum absolute atomic E-state index is 13.8. The van der Waals surface area contributed by atoms with Gasteiger partial charge in [0.15, 0.2) is 0 Å². The number of carbonyl (C=O) groups is 2. The van der Waals surface area contributed by atoms with Gasteiger partial charge in [-0.15, -0.1) is 0 Å². The standard InChI is InChI=1S/C28H30Cl2N2O3/c1-19(2)31-28(34)26(15-20-8-5-4-6-9-20)32(18-21-10-7-11-24(14-21)35-3)27(33)16-22-12-13-23(29)17-25(22)30/h4-14,17,19,26H,15-16,18H2,1-3H3,(H,31,34)/t26-/m0/s1. The second kappa shape index (κ2) is 12.6. The lowest BCUT2D eigenvalue weighted by Gasteiger charge is -2.32. The van der Waals surface area contributed by atoms with E-state index in [1.807, 2.05) is 68.4 Å². The van der Waals surface area contributed by atoms with Gasteiger partial charge in [-0.25, -0.2) is 0 Å². The molecule has 3 aromatic rings. The number of nitrogens with one attached hydrogen (secondary N) is 1. The van der Waals surface area contributed by atoms with E-state index in [2.05, 4.69) is 5.32 Å². The highest BCUT2D eigenvalue weighted by atomic mass is 35.5. The van der Waals surface area contributed by atoms with Crippen molar-refractivity contribution in [1.82, 2.24) is 10.2 Å². The van der Waals surface area contributed by atoms with Gasteiger partial charge in [-0.3, -0.25) is 9.59 Å². The third kappa shape index (κ3) is 7.74. The van der Waals surface area contributed by atoms with Gasteiger partial charge in [-0.05, 0) is 54.8 Å². The van der Waals surface area contributed by atoms with Crippen LogP contribution in [-0.4, -0.2) is 35.9 Å². The topological polar surface area (TPSA) is 58.6 Å². The fourth-order valence-electron chi connectivity index (χ4n) is 3.83. The molecule has 0 aliphatic rings. The van der Waals surface area contributed by atoms with Crippen molar-refractivity contribution in [3.63, 3.8) is 0 Å². The van der Waals surface area contributed by atoms with E-state index >= 15 is 0 Å². The van der Waals surface area contributed by atoms with Crippen LogP contribution in [-0.2, 0) is 29.0 Å². The van der Waals surface area contributed by atoms with E-state index in [1.54, 1.807) is 30.2 Å². The number of nitrogens with zero attached hydrogens (tertiary/aromatic N) is 1. The van der Waals surface area contributed by atoms with Crippen molar-refractivity contribution < 1.29 is 14.3 Å². The minimum Gasteiger partial charge on any atom is -0.497 e. The van der Waals surface area contributed by atoms with Crippen LogP contribution in [0.4, 0.5) is 0 Å². The van der Waals surface area contributed by atoms with Crippen LogP contribution in [0.15, 0.2) is 72.8 Å². The zero-order chi connectivity index (χ0) is 25.4. The molecule has 0 spiro atoms. The number of benzene rings is 3. The summed E-state index contributed by atoms with van der Waals surface area (Å²) in [5.41, 5.74) is 2.47. The average molecular weight is 513 g/mol. The molecule has 3 rings (SSSR count). The van der Waals surface area contributed by atoms with Gasteiger partial charge in [0.1, 0.15) is 11.8 Å². The van der Waals surface area contributed by atoms with Crippen molar-refractivity contribution in [2.75, 3.05) is 7.11 Å². The first-order valence-corrected chi connectivity index (χ1v) is 12.2. The van der Waals surface area contributed by atoms with Gasteiger partial charge in [0, 0.05) is 29.1 Å². The van der Waals surface area contributed by atoms with E-state index in [0.29, 0.717) is 27.8 Å². The van der Waals surface area contributed by atoms with Crippen LogP contribution < -0.4 is 10.1 Å². The van der Waals surface area contributed by atoms with Crippen molar-refractivity contribution in [2.24, 2.45) is 0 Å². The normalized spacial score (nSPS) is 11.7. The van der Waals surface area contributed by atoms with Crippen molar-refractivity contribution in [3.05, 3.63) is 99.5 Å². The molecule has 0 aliphatic heterocycles. The van der Waals surface area contributed by atoms with E-state index in [1.165, 1.54) is 0 Å². The summed E-state index contributed by atoms with van der Waals surface area (Å²) >= 11 is 12.4.